The molecule has 1 aromatic rings. The maximum absolute atomic E-state index is 6.08. The van der Waals surface area contributed by atoms with Crippen molar-refractivity contribution in [1.29, 1.82) is 0 Å². The van der Waals surface area contributed by atoms with Crippen LogP contribution < -0.4 is 4.90 Å². The summed E-state index contributed by atoms with van der Waals surface area (Å²) >= 11 is 6.08. The fourth-order valence-electron chi connectivity index (χ4n) is 1.27. The number of nitrogens with zero attached hydrogens (tertiary/aromatic N) is 3. The van der Waals surface area contributed by atoms with Crippen LogP contribution in [-0.2, 0) is 0 Å². The minimum absolute atomic E-state index is 0.416. The summed E-state index contributed by atoms with van der Waals surface area (Å²) in [6.45, 7) is 8.16. The van der Waals surface area contributed by atoms with Crippen molar-refractivity contribution in [3.63, 3.8) is 0 Å². The molecule has 1 heterocycles. The Hall–Kier alpha value is -0.830. The number of aryl methyl sites for hydroxylation is 2. The molecule has 0 N–H and O–H groups in total. The zero-order chi connectivity index (χ0) is 11.6. The van der Waals surface area contributed by atoms with E-state index < -0.39 is 0 Å². The molecular weight excluding hydrogens is 210 g/mol. The van der Waals surface area contributed by atoms with Crippen molar-refractivity contribution < 1.29 is 0 Å². The molecule has 0 fully saturated rings. The maximum atomic E-state index is 6.08. The molecule has 0 saturated heterocycles. The Morgan fingerprint density at radius 2 is 1.80 bits per heavy atom. The molecule has 0 aliphatic carbocycles. The predicted octanol–water partition coefficient (Wildman–Crippen LogP) is 2.98. The van der Waals surface area contributed by atoms with Crippen molar-refractivity contribution in [2.45, 2.75) is 40.2 Å². The Bertz CT molecular complexity index is 352. The van der Waals surface area contributed by atoms with E-state index in [4.69, 9.17) is 11.6 Å². The lowest BCUT2D eigenvalue weighted by atomic mass is 10.2. The van der Waals surface area contributed by atoms with E-state index >= 15 is 0 Å². The number of anilines is 1. The van der Waals surface area contributed by atoms with Crippen molar-refractivity contribution >= 4 is 17.4 Å². The van der Waals surface area contributed by atoms with Crippen LogP contribution in [0.25, 0.3) is 0 Å². The van der Waals surface area contributed by atoms with Gasteiger partial charge in [0.2, 0.25) is 0 Å². The van der Waals surface area contributed by atoms with Crippen molar-refractivity contribution in [1.82, 2.24) is 9.97 Å². The molecule has 0 amide bonds. The summed E-state index contributed by atoms with van der Waals surface area (Å²) in [5, 5.41) is 0.487. The van der Waals surface area contributed by atoms with Gasteiger partial charge in [-0.2, -0.15) is 0 Å². The summed E-state index contributed by atoms with van der Waals surface area (Å²) < 4.78 is 0. The average molecular weight is 228 g/mol. The molecule has 3 nitrogen and oxygen atoms in total. The van der Waals surface area contributed by atoms with Gasteiger partial charge in [0, 0.05) is 13.1 Å². The van der Waals surface area contributed by atoms with E-state index in [0.29, 0.717) is 11.2 Å². The second-order valence-corrected chi connectivity index (χ2v) is 4.24. The van der Waals surface area contributed by atoms with Gasteiger partial charge in [-0.1, -0.05) is 18.5 Å². The highest BCUT2D eigenvalue weighted by molar-refractivity contribution is 6.31. The van der Waals surface area contributed by atoms with Crippen LogP contribution in [-0.4, -0.2) is 23.1 Å². The van der Waals surface area contributed by atoms with Crippen molar-refractivity contribution in [2.75, 3.05) is 11.9 Å². The molecule has 1 atom stereocenters. The molecular formula is C11H18ClN3. The fraction of sp³-hybridized carbons (Fsp3) is 0.636. The molecule has 4 heteroatoms. The van der Waals surface area contributed by atoms with E-state index in [1.54, 1.807) is 0 Å². The summed E-state index contributed by atoms with van der Waals surface area (Å²) in [6, 6.07) is 0.416. The molecule has 0 radical (unpaired) electrons. The third-order valence-electron chi connectivity index (χ3n) is 2.83. The highest BCUT2D eigenvalue weighted by atomic mass is 35.5. The lowest BCUT2D eigenvalue weighted by molar-refractivity contribution is 0.654. The average Bonchev–Trinajstić information content (AvgIpc) is 2.21. The molecule has 1 rings (SSSR count). The molecule has 0 bridgehead atoms. The molecule has 0 saturated carbocycles. The van der Waals surface area contributed by atoms with Crippen LogP contribution >= 0.6 is 11.6 Å². The highest BCUT2D eigenvalue weighted by Crippen LogP contribution is 2.23. The molecule has 1 aromatic heterocycles. The Balaban J connectivity index is 3.09. The quantitative estimate of drug-likeness (QED) is 0.795. The van der Waals surface area contributed by atoms with Gasteiger partial charge in [-0.3, -0.25) is 0 Å². The summed E-state index contributed by atoms with van der Waals surface area (Å²) in [6.07, 6.45) is 1.06. The second kappa shape index (κ2) is 4.79. The summed E-state index contributed by atoms with van der Waals surface area (Å²) in [5.74, 6) is 0.772. The monoisotopic (exact) mass is 227 g/mol. The Morgan fingerprint density at radius 3 is 2.33 bits per heavy atom. The Kier molecular flexibility index (Phi) is 3.91. The topological polar surface area (TPSA) is 29.0 Å². The number of hydrogen-bond acceptors (Lipinski definition) is 3. The first-order valence-corrected chi connectivity index (χ1v) is 5.58. The van der Waals surface area contributed by atoms with Gasteiger partial charge >= 0.3 is 0 Å². The number of rotatable bonds is 3. The summed E-state index contributed by atoms with van der Waals surface area (Å²) in [4.78, 5) is 10.8. The molecule has 0 spiro atoms. The van der Waals surface area contributed by atoms with Crippen molar-refractivity contribution in [3.8, 4) is 0 Å². The van der Waals surface area contributed by atoms with E-state index in [1.807, 2.05) is 20.9 Å². The minimum atomic E-state index is 0.416. The fourth-order valence-corrected chi connectivity index (χ4v) is 1.57. The molecule has 84 valence electrons. The van der Waals surface area contributed by atoms with Gasteiger partial charge in [0.25, 0.3) is 0 Å². The normalized spacial score (nSPS) is 12.7. The summed E-state index contributed by atoms with van der Waals surface area (Å²) in [7, 11) is 2.00. The number of halogens is 1. The zero-order valence-corrected chi connectivity index (χ0v) is 10.8. The van der Waals surface area contributed by atoms with Gasteiger partial charge < -0.3 is 4.90 Å². The lowest BCUT2D eigenvalue weighted by Crippen LogP contribution is -2.29. The SMILES string of the molecule is CCC(C)N(C)c1nc(C)c(C)nc1Cl. The van der Waals surface area contributed by atoms with E-state index in [1.165, 1.54) is 0 Å². The predicted molar refractivity (Wildman–Crippen MR) is 64.7 cm³/mol. The van der Waals surface area contributed by atoms with Crippen LogP contribution in [0.1, 0.15) is 31.7 Å². The van der Waals surface area contributed by atoms with Crippen LogP contribution in [0.4, 0.5) is 5.82 Å². The van der Waals surface area contributed by atoms with Gasteiger partial charge in [0.05, 0.1) is 11.4 Å². The first-order valence-electron chi connectivity index (χ1n) is 5.21. The van der Waals surface area contributed by atoms with Crippen LogP contribution in [0.5, 0.6) is 0 Å². The van der Waals surface area contributed by atoms with Crippen molar-refractivity contribution in [2.24, 2.45) is 0 Å². The van der Waals surface area contributed by atoms with Crippen molar-refractivity contribution in [3.05, 3.63) is 16.5 Å². The largest absolute Gasteiger partial charge is 0.354 e. The van der Waals surface area contributed by atoms with Crippen LogP contribution in [0.3, 0.4) is 0 Å². The van der Waals surface area contributed by atoms with Gasteiger partial charge in [0.1, 0.15) is 0 Å². The van der Waals surface area contributed by atoms with Crippen LogP contribution in [0, 0.1) is 13.8 Å². The highest BCUT2D eigenvalue weighted by Gasteiger charge is 2.15. The smallest absolute Gasteiger partial charge is 0.171 e. The molecule has 15 heavy (non-hydrogen) atoms. The molecule has 0 aromatic carbocycles. The third-order valence-corrected chi connectivity index (χ3v) is 3.09. The molecule has 1 unspecified atom stereocenters. The minimum Gasteiger partial charge on any atom is -0.354 e. The van der Waals surface area contributed by atoms with E-state index in [2.05, 4.69) is 28.7 Å². The molecule has 0 aliphatic heterocycles. The first-order chi connectivity index (χ1) is 6.97. The van der Waals surface area contributed by atoms with Gasteiger partial charge in [-0.15, -0.1) is 0 Å². The van der Waals surface area contributed by atoms with Gasteiger partial charge in [-0.25, -0.2) is 9.97 Å². The first kappa shape index (κ1) is 12.2. The van der Waals surface area contributed by atoms with Gasteiger partial charge in [-0.05, 0) is 27.2 Å². The van der Waals surface area contributed by atoms with E-state index in [9.17, 15) is 0 Å². The standard InChI is InChI=1S/C11H18ClN3/c1-6-7(2)15(5)11-10(12)13-8(3)9(4)14-11/h7H,6H2,1-5H3. The third kappa shape index (κ3) is 2.59. The summed E-state index contributed by atoms with van der Waals surface area (Å²) in [5.41, 5.74) is 1.82. The zero-order valence-electron chi connectivity index (χ0n) is 10.0. The number of hydrogen-bond donors (Lipinski definition) is 0. The van der Waals surface area contributed by atoms with E-state index in [-0.39, 0.29) is 0 Å². The van der Waals surface area contributed by atoms with E-state index in [0.717, 1.165) is 23.6 Å². The van der Waals surface area contributed by atoms with Crippen LogP contribution in [0.15, 0.2) is 0 Å². The number of aromatic nitrogens is 2. The van der Waals surface area contributed by atoms with Gasteiger partial charge in [0.15, 0.2) is 11.0 Å². The van der Waals surface area contributed by atoms with Crippen LogP contribution in [0.2, 0.25) is 5.15 Å². The Morgan fingerprint density at radius 1 is 1.27 bits per heavy atom. The Labute approximate surface area is 96.5 Å². The maximum Gasteiger partial charge on any atom is 0.171 e. The lowest BCUT2D eigenvalue weighted by Gasteiger charge is -2.25. The molecule has 0 aliphatic rings. The second-order valence-electron chi connectivity index (χ2n) is 3.88.